The third-order valence-corrected chi connectivity index (χ3v) is 10.1. The summed E-state index contributed by atoms with van der Waals surface area (Å²) in [6.07, 6.45) is 12.0. The first kappa shape index (κ1) is 24.1. The van der Waals surface area contributed by atoms with Gasteiger partial charge in [0.15, 0.2) is 0 Å². The molecule has 4 unspecified atom stereocenters. The van der Waals surface area contributed by atoms with Gasteiger partial charge >= 0.3 is 0 Å². The number of piperidine rings is 1. The number of nitrogens with zero attached hydrogens (tertiary/aromatic N) is 1. The number of aryl methyl sites for hydroxylation is 2. The standard InChI is InChI=1S/C31H43N3O2/c1-21-17-25-27(33-21)12-8-15-31(25)20-32-19-26(31)30(35)34-16-14-23(24-11-6-7-13-29(24)36-2)18-28(34)22-9-4-3-5-10-22/h6-7,11,13,17,22-23,26,28,32-33H,3-5,8-10,12,14-16,18-20H2,1-2H3. The third-order valence-electron chi connectivity index (χ3n) is 10.1. The molecule has 194 valence electrons. The second-order valence-corrected chi connectivity index (χ2v) is 12.0. The van der Waals surface area contributed by atoms with Gasteiger partial charge in [-0.2, -0.15) is 0 Å². The van der Waals surface area contributed by atoms with Gasteiger partial charge in [-0.05, 0) is 87.0 Å². The minimum absolute atomic E-state index is 0.0423. The van der Waals surface area contributed by atoms with Crippen molar-refractivity contribution in [2.45, 2.75) is 88.5 Å². The fourth-order valence-electron chi connectivity index (χ4n) is 8.35. The number of hydrogen-bond acceptors (Lipinski definition) is 3. The van der Waals surface area contributed by atoms with Gasteiger partial charge in [-0.1, -0.05) is 37.5 Å². The number of rotatable bonds is 4. The number of benzene rings is 1. The number of aromatic nitrogens is 1. The normalized spacial score (nSPS) is 30.9. The Morgan fingerprint density at radius 3 is 2.78 bits per heavy atom. The van der Waals surface area contributed by atoms with Crippen LogP contribution in [0.1, 0.15) is 86.2 Å². The first-order chi connectivity index (χ1) is 17.6. The Morgan fingerprint density at radius 2 is 1.94 bits per heavy atom. The Hall–Kier alpha value is -2.27. The molecule has 2 N–H and O–H groups in total. The lowest BCUT2D eigenvalue weighted by molar-refractivity contribution is -0.143. The zero-order chi connectivity index (χ0) is 24.7. The largest absolute Gasteiger partial charge is 0.496 e. The lowest BCUT2D eigenvalue weighted by Crippen LogP contribution is -2.55. The van der Waals surface area contributed by atoms with E-state index in [1.54, 1.807) is 7.11 Å². The summed E-state index contributed by atoms with van der Waals surface area (Å²) in [7, 11) is 1.78. The fraction of sp³-hybridized carbons (Fsp3) is 0.645. The second-order valence-electron chi connectivity index (χ2n) is 12.0. The summed E-state index contributed by atoms with van der Waals surface area (Å²) in [5.41, 5.74) is 5.31. The summed E-state index contributed by atoms with van der Waals surface area (Å²) in [6, 6.07) is 11.2. The topological polar surface area (TPSA) is 57.4 Å². The van der Waals surface area contributed by atoms with Crippen LogP contribution in [0.3, 0.4) is 0 Å². The van der Waals surface area contributed by atoms with Crippen LogP contribution in [0, 0.1) is 18.8 Å². The molecular weight excluding hydrogens is 446 g/mol. The second kappa shape index (κ2) is 9.89. The van der Waals surface area contributed by atoms with Crippen molar-refractivity contribution in [1.29, 1.82) is 0 Å². The van der Waals surface area contributed by atoms with E-state index in [0.717, 1.165) is 51.1 Å². The van der Waals surface area contributed by atoms with Gasteiger partial charge in [-0.3, -0.25) is 4.79 Å². The molecule has 5 heteroatoms. The molecule has 6 rings (SSSR count). The molecule has 3 heterocycles. The number of carbonyl (C=O) groups excluding carboxylic acids is 1. The van der Waals surface area contributed by atoms with Crippen LogP contribution in [0.2, 0.25) is 0 Å². The molecule has 1 amide bonds. The summed E-state index contributed by atoms with van der Waals surface area (Å²) in [5.74, 6) is 2.55. The van der Waals surface area contributed by atoms with Gasteiger partial charge in [0, 0.05) is 42.5 Å². The van der Waals surface area contributed by atoms with Gasteiger partial charge < -0.3 is 19.9 Å². The number of nitrogens with one attached hydrogen (secondary N) is 2. The van der Waals surface area contributed by atoms with Crippen molar-refractivity contribution >= 4 is 5.91 Å². The van der Waals surface area contributed by atoms with Gasteiger partial charge in [-0.15, -0.1) is 0 Å². The predicted octanol–water partition coefficient (Wildman–Crippen LogP) is 5.48. The van der Waals surface area contributed by atoms with E-state index in [9.17, 15) is 4.79 Å². The van der Waals surface area contributed by atoms with E-state index in [4.69, 9.17) is 4.74 Å². The Balaban J connectivity index is 1.30. The first-order valence-corrected chi connectivity index (χ1v) is 14.4. The Kier molecular flexibility index (Phi) is 6.62. The average Bonchev–Trinajstić information content (AvgIpc) is 3.52. The lowest BCUT2D eigenvalue weighted by Gasteiger charge is -2.47. The van der Waals surface area contributed by atoms with Crippen LogP contribution in [0.4, 0.5) is 0 Å². The van der Waals surface area contributed by atoms with Crippen LogP contribution < -0.4 is 10.1 Å². The number of ether oxygens (including phenoxy) is 1. The van der Waals surface area contributed by atoms with E-state index in [0.29, 0.717) is 23.8 Å². The quantitative estimate of drug-likeness (QED) is 0.598. The number of H-pyrrole nitrogens is 1. The molecule has 1 aromatic carbocycles. The van der Waals surface area contributed by atoms with E-state index in [2.05, 4.69) is 52.5 Å². The predicted molar refractivity (Wildman–Crippen MR) is 144 cm³/mol. The van der Waals surface area contributed by atoms with Gasteiger partial charge in [0.1, 0.15) is 5.75 Å². The average molecular weight is 490 g/mol. The van der Waals surface area contributed by atoms with Crippen molar-refractivity contribution in [3.63, 3.8) is 0 Å². The summed E-state index contributed by atoms with van der Waals surface area (Å²) in [4.78, 5) is 20.5. The number of amides is 1. The van der Waals surface area contributed by atoms with E-state index < -0.39 is 0 Å². The summed E-state index contributed by atoms with van der Waals surface area (Å²) in [5, 5.41) is 3.67. The molecule has 2 saturated heterocycles. The highest BCUT2D eigenvalue weighted by Gasteiger charge is 2.53. The number of aromatic amines is 1. The molecule has 1 saturated carbocycles. The molecular formula is C31H43N3O2. The molecule has 1 spiro atoms. The molecule has 2 aliphatic heterocycles. The van der Waals surface area contributed by atoms with Crippen molar-refractivity contribution in [3.05, 3.63) is 52.8 Å². The first-order valence-electron chi connectivity index (χ1n) is 14.4. The molecule has 5 nitrogen and oxygen atoms in total. The maximum Gasteiger partial charge on any atom is 0.228 e. The molecule has 2 aromatic rings. The molecule has 36 heavy (non-hydrogen) atoms. The smallest absolute Gasteiger partial charge is 0.228 e. The van der Waals surface area contributed by atoms with Crippen molar-refractivity contribution in [2.24, 2.45) is 11.8 Å². The van der Waals surface area contributed by atoms with Crippen LogP contribution >= 0.6 is 0 Å². The Morgan fingerprint density at radius 1 is 1.11 bits per heavy atom. The number of likely N-dealkylation sites (tertiary alicyclic amines) is 1. The van der Waals surface area contributed by atoms with Crippen molar-refractivity contribution in [1.82, 2.24) is 15.2 Å². The van der Waals surface area contributed by atoms with Crippen molar-refractivity contribution in [3.8, 4) is 5.75 Å². The molecule has 2 aliphatic carbocycles. The molecule has 0 bridgehead atoms. The van der Waals surface area contributed by atoms with Crippen LogP contribution in [-0.4, -0.2) is 48.6 Å². The number of fused-ring (bicyclic) bond motifs is 2. The number of carbonyl (C=O) groups is 1. The van der Waals surface area contributed by atoms with Crippen molar-refractivity contribution in [2.75, 3.05) is 26.7 Å². The SMILES string of the molecule is COc1ccccc1C1CCN(C(=O)C2CNCC23CCCc2[nH]c(C)cc23)C(C2CCCCC2)C1. The van der Waals surface area contributed by atoms with Crippen LogP contribution in [-0.2, 0) is 16.6 Å². The van der Waals surface area contributed by atoms with Gasteiger partial charge in [0.2, 0.25) is 5.91 Å². The van der Waals surface area contributed by atoms with Crippen LogP contribution in [0.5, 0.6) is 5.75 Å². The number of para-hydroxylation sites is 1. The highest BCUT2D eigenvalue weighted by molar-refractivity contribution is 5.82. The third kappa shape index (κ3) is 4.08. The molecule has 4 atom stereocenters. The van der Waals surface area contributed by atoms with Crippen LogP contribution in [0.15, 0.2) is 30.3 Å². The number of hydrogen-bond donors (Lipinski definition) is 2. The Bertz CT molecular complexity index is 1090. The summed E-state index contributed by atoms with van der Waals surface area (Å²) in [6.45, 7) is 4.77. The van der Waals surface area contributed by atoms with Gasteiger partial charge in [0.25, 0.3) is 0 Å². The zero-order valence-corrected chi connectivity index (χ0v) is 22.2. The highest BCUT2D eigenvalue weighted by atomic mass is 16.5. The molecule has 0 radical (unpaired) electrons. The molecule has 3 fully saturated rings. The Labute approximate surface area is 216 Å². The van der Waals surface area contributed by atoms with Crippen molar-refractivity contribution < 1.29 is 9.53 Å². The summed E-state index contributed by atoms with van der Waals surface area (Å²) >= 11 is 0. The highest BCUT2D eigenvalue weighted by Crippen LogP contribution is 2.48. The van der Waals surface area contributed by atoms with E-state index in [1.807, 2.05) is 0 Å². The molecule has 4 aliphatic rings. The van der Waals surface area contributed by atoms with E-state index >= 15 is 0 Å². The summed E-state index contributed by atoms with van der Waals surface area (Å²) < 4.78 is 5.75. The minimum Gasteiger partial charge on any atom is -0.496 e. The monoisotopic (exact) mass is 489 g/mol. The zero-order valence-electron chi connectivity index (χ0n) is 22.2. The van der Waals surface area contributed by atoms with Gasteiger partial charge in [-0.25, -0.2) is 0 Å². The van der Waals surface area contributed by atoms with E-state index in [1.165, 1.54) is 61.0 Å². The fourth-order valence-corrected chi connectivity index (χ4v) is 8.35. The maximum atomic E-state index is 14.6. The molecule has 1 aromatic heterocycles. The lowest BCUT2D eigenvalue weighted by atomic mass is 9.65. The number of methoxy groups -OCH3 is 1. The van der Waals surface area contributed by atoms with E-state index in [-0.39, 0.29) is 11.3 Å². The maximum absolute atomic E-state index is 14.6. The van der Waals surface area contributed by atoms with Crippen LogP contribution in [0.25, 0.3) is 0 Å². The minimum atomic E-state index is -0.0496. The van der Waals surface area contributed by atoms with Gasteiger partial charge in [0.05, 0.1) is 13.0 Å².